The molecule has 0 radical (unpaired) electrons. The fourth-order valence-corrected chi connectivity index (χ4v) is 5.25. The Balaban J connectivity index is 1.33. The SMILES string of the molecule is CCC(=O)N1CCN(c2ccc(C)c(C(=O)N3CC[C@@]4(C3)OC(=O)c3ccccc34)c2)CC1. The molecule has 2 fully saturated rings. The van der Waals surface area contributed by atoms with Crippen molar-refractivity contribution in [1.29, 1.82) is 0 Å². The number of hydrogen-bond donors (Lipinski definition) is 0. The van der Waals surface area contributed by atoms with E-state index < -0.39 is 5.60 Å². The van der Waals surface area contributed by atoms with Gasteiger partial charge in [-0.05, 0) is 30.7 Å². The van der Waals surface area contributed by atoms with Crippen LogP contribution in [0.4, 0.5) is 5.69 Å². The number of fused-ring (bicyclic) bond motifs is 2. The molecule has 33 heavy (non-hydrogen) atoms. The van der Waals surface area contributed by atoms with Crippen LogP contribution in [-0.2, 0) is 15.1 Å². The zero-order valence-corrected chi connectivity index (χ0v) is 19.2. The number of carbonyl (C=O) groups is 3. The molecular formula is C26H29N3O4. The number of nitrogens with zero attached hydrogens (tertiary/aromatic N) is 3. The number of rotatable bonds is 3. The molecule has 1 atom stereocenters. The van der Waals surface area contributed by atoms with Crippen molar-refractivity contribution in [3.8, 4) is 0 Å². The van der Waals surface area contributed by atoms with Crippen molar-refractivity contribution in [3.63, 3.8) is 0 Å². The lowest BCUT2D eigenvalue weighted by Gasteiger charge is -2.36. The van der Waals surface area contributed by atoms with Gasteiger partial charge in [0.15, 0.2) is 5.60 Å². The van der Waals surface area contributed by atoms with Crippen molar-refractivity contribution in [3.05, 3.63) is 64.7 Å². The largest absolute Gasteiger partial charge is 0.449 e. The Morgan fingerprint density at radius 2 is 1.76 bits per heavy atom. The van der Waals surface area contributed by atoms with Gasteiger partial charge in [0.1, 0.15) is 0 Å². The molecule has 0 unspecified atom stereocenters. The number of amides is 2. The second kappa shape index (κ2) is 8.21. The standard InChI is InChI=1S/C26H29N3O4/c1-3-23(30)28-14-12-27(13-15-28)19-9-8-18(2)21(16-19)24(31)29-11-10-26(17-29)22-7-5-4-6-20(22)25(32)33-26/h4-9,16H,3,10-15,17H2,1-2H3/t26-/m0/s1. The molecule has 0 saturated carbocycles. The summed E-state index contributed by atoms with van der Waals surface area (Å²) in [6.07, 6.45) is 1.13. The Morgan fingerprint density at radius 1 is 1.00 bits per heavy atom. The lowest BCUT2D eigenvalue weighted by molar-refractivity contribution is -0.131. The van der Waals surface area contributed by atoms with E-state index >= 15 is 0 Å². The smallest absolute Gasteiger partial charge is 0.339 e. The second-order valence-corrected chi connectivity index (χ2v) is 9.13. The fourth-order valence-electron chi connectivity index (χ4n) is 5.25. The summed E-state index contributed by atoms with van der Waals surface area (Å²) in [5.74, 6) is -0.156. The average molecular weight is 448 g/mol. The molecule has 0 aliphatic carbocycles. The average Bonchev–Trinajstić information content (AvgIpc) is 3.40. The number of carbonyl (C=O) groups excluding carboxylic acids is 3. The van der Waals surface area contributed by atoms with Gasteiger partial charge in [-0.15, -0.1) is 0 Å². The first kappa shape index (κ1) is 21.5. The van der Waals surface area contributed by atoms with E-state index in [1.165, 1.54) is 0 Å². The van der Waals surface area contributed by atoms with E-state index in [0.29, 0.717) is 50.1 Å². The Labute approximate surface area is 193 Å². The number of aryl methyl sites for hydroxylation is 1. The van der Waals surface area contributed by atoms with Crippen LogP contribution in [0.5, 0.6) is 0 Å². The van der Waals surface area contributed by atoms with Crippen LogP contribution >= 0.6 is 0 Å². The molecule has 2 aromatic rings. The summed E-state index contributed by atoms with van der Waals surface area (Å²) in [4.78, 5) is 43.8. The van der Waals surface area contributed by atoms with Gasteiger partial charge in [0.25, 0.3) is 5.91 Å². The summed E-state index contributed by atoms with van der Waals surface area (Å²) < 4.78 is 5.81. The molecule has 7 nitrogen and oxygen atoms in total. The zero-order chi connectivity index (χ0) is 23.2. The van der Waals surface area contributed by atoms with Crippen molar-refractivity contribution >= 4 is 23.5 Å². The van der Waals surface area contributed by atoms with Gasteiger partial charge in [0, 0.05) is 62.4 Å². The zero-order valence-electron chi connectivity index (χ0n) is 19.2. The Hall–Kier alpha value is -3.35. The second-order valence-electron chi connectivity index (χ2n) is 9.13. The van der Waals surface area contributed by atoms with E-state index in [4.69, 9.17) is 4.74 Å². The van der Waals surface area contributed by atoms with Gasteiger partial charge < -0.3 is 19.4 Å². The van der Waals surface area contributed by atoms with Gasteiger partial charge in [-0.1, -0.05) is 31.2 Å². The van der Waals surface area contributed by atoms with E-state index in [-0.39, 0.29) is 17.8 Å². The highest BCUT2D eigenvalue weighted by Crippen LogP contribution is 2.43. The molecule has 0 N–H and O–H groups in total. The predicted octanol–water partition coefficient (Wildman–Crippen LogP) is 2.97. The van der Waals surface area contributed by atoms with Crippen LogP contribution in [0.2, 0.25) is 0 Å². The minimum absolute atomic E-state index is 0.0357. The lowest BCUT2D eigenvalue weighted by Crippen LogP contribution is -2.48. The Morgan fingerprint density at radius 3 is 2.52 bits per heavy atom. The van der Waals surface area contributed by atoms with Gasteiger partial charge in [-0.3, -0.25) is 9.59 Å². The van der Waals surface area contributed by atoms with Crippen molar-refractivity contribution < 1.29 is 19.1 Å². The lowest BCUT2D eigenvalue weighted by atomic mass is 9.91. The third-order valence-electron chi connectivity index (χ3n) is 7.20. The Bertz CT molecular complexity index is 1120. The number of esters is 1. The minimum atomic E-state index is -0.739. The van der Waals surface area contributed by atoms with Crippen LogP contribution < -0.4 is 4.90 Å². The van der Waals surface area contributed by atoms with Crippen LogP contribution in [0.25, 0.3) is 0 Å². The summed E-state index contributed by atoms with van der Waals surface area (Å²) in [5.41, 5.74) is 3.35. The monoisotopic (exact) mass is 447 g/mol. The van der Waals surface area contributed by atoms with Crippen molar-refractivity contribution in [2.24, 2.45) is 0 Å². The van der Waals surface area contributed by atoms with E-state index in [2.05, 4.69) is 4.90 Å². The van der Waals surface area contributed by atoms with Crippen LogP contribution in [0.1, 0.15) is 51.6 Å². The first-order valence-electron chi connectivity index (χ1n) is 11.7. The summed E-state index contributed by atoms with van der Waals surface area (Å²) in [5, 5.41) is 0. The molecular weight excluding hydrogens is 418 g/mol. The molecule has 172 valence electrons. The maximum atomic E-state index is 13.5. The maximum absolute atomic E-state index is 13.5. The third kappa shape index (κ3) is 3.65. The molecule has 3 aliphatic rings. The van der Waals surface area contributed by atoms with Crippen LogP contribution in [-0.4, -0.2) is 66.9 Å². The molecule has 2 aromatic carbocycles. The van der Waals surface area contributed by atoms with E-state index in [0.717, 1.165) is 29.9 Å². The summed E-state index contributed by atoms with van der Waals surface area (Å²) in [6.45, 7) is 7.65. The highest BCUT2D eigenvalue weighted by molar-refractivity contribution is 5.98. The van der Waals surface area contributed by atoms with Crippen LogP contribution in [0.15, 0.2) is 42.5 Å². The van der Waals surface area contributed by atoms with Crippen molar-refractivity contribution in [2.75, 3.05) is 44.2 Å². The van der Waals surface area contributed by atoms with Gasteiger partial charge >= 0.3 is 5.97 Å². The van der Waals surface area contributed by atoms with Crippen LogP contribution in [0, 0.1) is 6.92 Å². The van der Waals surface area contributed by atoms with E-state index in [9.17, 15) is 14.4 Å². The van der Waals surface area contributed by atoms with Gasteiger partial charge in [-0.25, -0.2) is 4.79 Å². The molecule has 0 bridgehead atoms. The number of anilines is 1. The molecule has 0 aromatic heterocycles. The number of hydrogen-bond acceptors (Lipinski definition) is 5. The predicted molar refractivity (Wildman–Crippen MR) is 124 cm³/mol. The highest BCUT2D eigenvalue weighted by Gasteiger charge is 2.51. The molecule has 7 heteroatoms. The van der Waals surface area contributed by atoms with Crippen molar-refractivity contribution in [2.45, 2.75) is 32.3 Å². The van der Waals surface area contributed by atoms with Gasteiger partial charge in [0.2, 0.25) is 5.91 Å². The molecule has 3 aliphatic heterocycles. The minimum Gasteiger partial charge on any atom is -0.449 e. The Kier molecular flexibility index (Phi) is 5.35. The van der Waals surface area contributed by atoms with Gasteiger partial charge in [-0.2, -0.15) is 0 Å². The summed E-state index contributed by atoms with van der Waals surface area (Å²) in [6, 6.07) is 13.5. The molecule has 1 spiro atoms. The fraction of sp³-hybridized carbons (Fsp3) is 0.423. The number of likely N-dealkylation sites (tertiary alicyclic amines) is 1. The maximum Gasteiger partial charge on any atom is 0.339 e. The number of benzene rings is 2. The topological polar surface area (TPSA) is 70.2 Å². The first-order chi connectivity index (χ1) is 15.9. The van der Waals surface area contributed by atoms with E-state index in [1.807, 2.05) is 55.1 Å². The number of piperazine rings is 1. The summed E-state index contributed by atoms with van der Waals surface area (Å²) >= 11 is 0. The molecule has 2 saturated heterocycles. The molecule has 2 amide bonds. The van der Waals surface area contributed by atoms with E-state index in [1.54, 1.807) is 11.0 Å². The molecule has 3 heterocycles. The normalized spacial score (nSPS) is 22.0. The third-order valence-corrected chi connectivity index (χ3v) is 7.20. The summed E-state index contributed by atoms with van der Waals surface area (Å²) in [7, 11) is 0. The van der Waals surface area contributed by atoms with Crippen LogP contribution in [0.3, 0.4) is 0 Å². The molecule has 5 rings (SSSR count). The number of ether oxygens (including phenoxy) is 1. The quantitative estimate of drug-likeness (QED) is 0.677. The van der Waals surface area contributed by atoms with Gasteiger partial charge in [0.05, 0.1) is 12.1 Å². The highest BCUT2D eigenvalue weighted by atomic mass is 16.6. The first-order valence-corrected chi connectivity index (χ1v) is 11.7. The van der Waals surface area contributed by atoms with Crippen molar-refractivity contribution in [1.82, 2.24) is 9.80 Å².